The Bertz CT molecular complexity index is 422. The van der Waals surface area contributed by atoms with Crippen LogP contribution in [0.3, 0.4) is 0 Å². The normalized spacial score (nSPS) is 19.8. The molecule has 0 bridgehead atoms. The molecule has 0 saturated carbocycles. The number of carboxylic acids is 1. The summed E-state index contributed by atoms with van der Waals surface area (Å²) in [5.74, 6) is -1.00. The lowest BCUT2D eigenvalue weighted by Crippen LogP contribution is -2.39. The molecule has 0 aromatic heterocycles. The van der Waals surface area contributed by atoms with Crippen LogP contribution in [0.5, 0.6) is 0 Å². The van der Waals surface area contributed by atoms with Crippen molar-refractivity contribution in [3.63, 3.8) is 0 Å². The van der Waals surface area contributed by atoms with Crippen molar-refractivity contribution in [3.8, 4) is 0 Å². The quantitative estimate of drug-likeness (QED) is 0.894. The summed E-state index contributed by atoms with van der Waals surface area (Å²) in [5, 5.41) is 8.77. The van der Waals surface area contributed by atoms with Crippen molar-refractivity contribution in [2.45, 2.75) is 38.1 Å². The topological polar surface area (TPSA) is 40.5 Å². The molecule has 0 amide bonds. The molecule has 1 heterocycles. The molecule has 1 aliphatic heterocycles. The summed E-state index contributed by atoms with van der Waals surface area (Å²) in [4.78, 5) is 12.8. The molecule has 2 rings (SSSR count). The van der Waals surface area contributed by atoms with E-state index < -0.39 is 5.97 Å². The molecule has 1 unspecified atom stereocenters. The summed E-state index contributed by atoms with van der Waals surface area (Å²) < 4.78 is 13.2. The van der Waals surface area contributed by atoms with E-state index in [0.29, 0.717) is 6.42 Å². The Kier molecular flexibility index (Phi) is 4.18. The summed E-state index contributed by atoms with van der Waals surface area (Å²) in [6.07, 6.45) is 4.00. The zero-order valence-electron chi connectivity index (χ0n) is 10.3. The van der Waals surface area contributed by atoms with E-state index in [2.05, 4.69) is 4.90 Å². The molecule has 0 aliphatic carbocycles. The average Bonchev–Trinajstić information content (AvgIpc) is 2.36. The fourth-order valence-electron chi connectivity index (χ4n) is 2.59. The van der Waals surface area contributed by atoms with E-state index >= 15 is 0 Å². The predicted molar refractivity (Wildman–Crippen MR) is 68.3 cm³/mol. The molecular formula is C14H18FNO2. The highest BCUT2D eigenvalue weighted by molar-refractivity contribution is 5.66. The van der Waals surface area contributed by atoms with E-state index in [-0.39, 0.29) is 18.3 Å². The van der Waals surface area contributed by atoms with Gasteiger partial charge < -0.3 is 10.0 Å². The fourth-order valence-corrected chi connectivity index (χ4v) is 2.59. The van der Waals surface area contributed by atoms with Gasteiger partial charge in [0.1, 0.15) is 5.82 Å². The first-order chi connectivity index (χ1) is 8.66. The Balaban J connectivity index is 2.09. The van der Waals surface area contributed by atoms with Crippen molar-refractivity contribution in [3.05, 3.63) is 30.1 Å². The van der Waals surface area contributed by atoms with Gasteiger partial charge in [0.25, 0.3) is 0 Å². The van der Waals surface area contributed by atoms with Crippen LogP contribution in [0.2, 0.25) is 0 Å². The van der Waals surface area contributed by atoms with Crippen LogP contribution in [-0.2, 0) is 4.79 Å². The Morgan fingerprint density at radius 1 is 1.44 bits per heavy atom. The molecule has 1 aromatic carbocycles. The molecule has 4 heteroatoms. The third-order valence-electron chi connectivity index (χ3n) is 3.46. The zero-order chi connectivity index (χ0) is 13.0. The molecule has 98 valence electrons. The van der Waals surface area contributed by atoms with Crippen molar-refractivity contribution in [2.75, 3.05) is 11.4 Å². The van der Waals surface area contributed by atoms with Crippen LogP contribution < -0.4 is 4.90 Å². The van der Waals surface area contributed by atoms with Gasteiger partial charge in [-0.15, -0.1) is 0 Å². The van der Waals surface area contributed by atoms with Crippen LogP contribution in [0.4, 0.5) is 10.1 Å². The van der Waals surface area contributed by atoms with Crippen molar-refractivity contribution in [2.24, 2.45) is 0 Å². The van der Waals surface area contributed by atoms with Crippen molar-refractivity contribution >= 4 is 11.7 Å². The lowest BCUT2D eigenvalue weighted by atomic mass is 9.97. The van der Waals surface area contributed by atoms with Crippen molar-refractivity contribution in [1.29, 1.82) is 0 Å². The van der Waals surface area contributed by atoms with Crippen molar-refractivity contribution in [1.82, 2.24) is 0 Å². The number of hydrogen-bond donors (Lipinski definition) is 1. The zero-order valence-corrected chi connectivity index (χ0v) is 10.3. The Morgan fingerprint density at radius 2 is 2.28 bits per heavy atom. The maximum absolute atomic E-state index is 13.2. The average molecular weight is 251 g/mol. The van der Waals surface area contributed by atoms with Gasteiger partial charge in [-0.05, 0) is 43.9 Å². The second-order valence-electron chi connectivity index (χ2n) is 4.76. The molecule has 1 saturated heterocycles. The SMILES string of the molecule is O=C(O)CCC1CCCCN1c1cccc(F)c1. The lowest BCUT2D eigenvalue weighted by molar-refractivity contribution is -0.137. The van der Waals surface area contributed by atoms with Crippen LogP contribution in [0, 0.1) is 5.82 Å². The van der Waals surface area contributed by atoms with Gasteiger partial charge in [0.15, 0.2) is 0 Å². The summed E-state index contributed by atoms with van der Waals surface area (Å²) in [6.45, 7) is 0.883. The first kappa shape index (κ1) is 12.9. The summed E-state index contributed by atoms with van der Waals surface area (Å²) in [7, 11) is 0. The number of hydrogen-bond acceptors (Lipinski definition) is 2. The van der Waals surface area contributed by atoms with Gasteiger partial charge in [-0.1, -0.05) is 6.07 Å². The smallest absolute Gasteiger partial charge is 0.303 e. The molecular weight excluding hydrogens is 233 g/mol. The minimum absolute atomic E-state index is 0.177. The number of aliphatic carboxylic acids is 1. The molecule has 0 radical (unpaired) electrons. The van der Waals surface area contributed by atoms with Crippen LogP contribution >= 0.6 is 0 Å². The van der Waals surface area contributed by atoms with Crippen LogP contribution in [0.25, 0.3) is 0 Å². The summed E-state index contributed by atoms with van der Waals surface area (Å²) >= 11 is 0. The number of halogens is 1. The highest BCUT2D eigenvalue weighted by Gasteiger charge is 2.23. The predicted octanol–water partition coefficient (Wildman–Crippen LogP) is 3.05. The minimum atomic E-state index is -0.764. The summed E-state index contributed by atoms with van der Waals surface area (Å²) in [5.41, 5.74) is 0.866. The third-order valence-corrected chi connectivity index (χ3v) is 3.46. The maximum Gasteiger partial charge on any atom is 0.303 e. The number of benzene rings is 1. The summed E-state index contributed by atoms with van der Waals surface area (Å²) in [6, 6.07) is 6.77. The van der Waals surface area contributed by atoms with Crippen molar-refractivity contribution < 1.29 is 14.3 Å². The van der Waals surface area contributed by atoms with E-state index in [1.165, 1.54) is 12.1 Å². The van der Waals surface area contributed by atoms with E-state index in [0.717, 1.165) is 31.5 Å². The van der Waals surface area contributed by atoms with Gasteiger partial charge in [-0.2, -0.15) is 0 Å². The van der Waals surface area contributed by atoms with E-state index in [1.807, 2.05) is 6.07 Å². The molecule has 1 atom stereocenters. The number of carboxylic acid groups (broad SMARTS) is 1. The second-order valence-corrected chi connectivity index (χ2v) is 4.76. The highest BCUT2D eigenvalue weighted by Crippen LogP contribution is 2.27. The van der Waals surface area contributed by atoms with Crippen LogP contribution in [-0.4, -0.2) is 23.7 Å². The molecule has 1 fully saturated rings. The molecule has 1 aromatic rings. The van der Waals surface area contributed by atoms with E-state index in [9.17, 15) is 9.18 Å². The fraction of sp³-hybridized carbons (Fsp3) is 0.500. The Hall–Kier alpha value is -1.58. The standard InChI is InChI=1S/C14H18FNO2/c15-11-4-3-6-13(10-11)16-9-2-1-5-12(16)7-8-14(17)18/h3-4,6,10,12H,1-2,5,7-9H2,(H,17,18). The van der Waals surface area contributed by atoms with Crippen LogP contribution in [0.15, 0.2) is 24.3 Å². The Morgan fingerprint density at radius 3 is 3.00 bits per heavy atom. The minimum Gasteiger partial charge on any atom is -0.481 e. The van der Waals surface area contributed by atoms with Gasteiger partial charge in [0.05, 0.1) is 0 Å². The number of carbonyl (C=O) groups is 1. The third kappa shape index (κ3) is 3.22. The maximum atomic E-state index is 13.2. The molecule has 1 aliphatic rings. The molecule has 18 heavy (non-hydrogen) atoms. The second kappa shape index (κ2) is 5.85. The van der Waals surface area contributed by atoms with Gasteiger partial charge >= 0.3 is 5.97 Å². The molecule has 1 N–H and O–H groups in total. The van der Waals surface area contributed by atoms with E-state index in [1.54, 1.807) is 6.07 Å². The number of rotatable bonds is 4. The molecule has 3 nitrogen and oxygen atoms in total. The van der Waals surface area contributed by atoms with Gasteiger partial charge in [-0.3, -0.25) is 4.79 Å². The monoisotopic (exact) mass is 251 g/mol. The highest BCUT2D eigenvalue weighted by atomic mass is 19.1. The molecule has 0 spiro atoms. The largest absolute Gasteiger partial charge is 0.481 e. The Labute approximate surface area is 106 Å². The first-order valence-electron chi connectivity index (χ1n) is 6.41. The van der Waals surface area contributed by atoms with Gasteiger partial charge in [0.2, 0.25) is 0 Å². The number of piperidine rings is 1. The number of nitrogens with zero attached hydrogens (tertiary/aromatic N) is 1. The van der Waals surface area contributed by atoms with Gasteiger partial charge in [0, 0.05) is 24.7 Å². The first-order valence-corrected chi connectivity index (χ1v) is 6.41. The number of anilines is 1. The van der Waals surface area contributed by atoms with E-state index in [4.69, 9.17) is 5.11 Å². The van der Waals surface area contributed by atoms with Crippen LogP contribution in [0.1, 0.15) is 32.1 Å². The van der Waals surface area contributed by atoms with Gasteiger partial charge in [-0.25, -0.2) is 4.39 Å². The lowest BCUT2D eigenvalue weighted by Gasteiger charge is -2.37.